The van der Waals surface area contributed by atoms with Crippen molar-refractivity contribution in [1.82, 2.24) is 14.5 Å². The van der Waals surface area contributed by atoms with Crippen LogP contribution in [0.3, 0.4) is 0 Å². The Morgan fingerprint density at radius 3 is 2.73 bits per heavy atom. The molecule has 0 aromatic carbocycles. The Balaban J connectivity index is 2.48. The SMILES string of the molecule is COc1cc(Br)cc(-c2cn(C)cn2)n1. The molecule has 2 heterocycles. The largest absolute Gasteiger partial charge is 0.481 e. The van der Waals surface area contributed by atoms with Gasteiger partial charge >= 0.3 is 0 Å². The molecule has 78 valence electrons. The number of methoxy groups -OCH3 is 1. The predicted molar refractivity (Wildman–Crippen MR) is 60.7 cm³/mol. The second-order valence-corrected chi connectivity index (χ2v) is 4.05. The number of imidazole rings is 1. The Hall–Kier alpha value is -1.36. The van der Waals surface area contributed by atoms with Crippen LogP contribution in [0.1, 0.15) is 0 Å². The van der Waals surface area contributed by atoms with E-state index in [-0.39, 0.29) is 0 Å². The zero-order chi connectivity index (χ0) is 10.8. The molecule has 15 heavy (non-hydrogen) atoms. The number of halogens is 1. The van der Waals surface area contributed by atoms with Crippen LogP contribution in [0.15, 0.2) is 29.1 Å². The van der Waals surface area contributed by atoms with Crippen LogP contribution in [0.4, 0.5) is 0 Å². The number of nitrogens with zero attached hydrogens (tertiary/aromatic N) is 3. The molecule has 0 aliphatic carbocycles. The fourth-order valence-electron chi connectivity index (χ4n) is 1.25. The van der Waals surface area contributed by atoms with Crippen molar-refractivity contribution >= 4 is 15.9 Å². The Bertz CT molecular complexity index is 481. The molecule has 5 heteroatoms. The van der Waals surface area contributed by atoms with E-state index < -0.39 is 0 Å². The minimum absolute atomic E-state index is 0.574. The first-order valence-corrected chi connectivity index (χ1v) is 5.18. The average molecular weight is 268 g/mol. The van der Waals surface area contributed by atoms with E-state index in [9.17, 15) is 0 Å². The molecule has 0 aliphatic rings. The summed E-state index contributed by atoms with van der Waals surface area (Å²) in [4.78, 5) is 8.53. The summed E-state index contributed by atoms with van der Waals surface area (Å²) in [7, 11) is 3.52. The van der Waals surface area contributed by atoms with Crippen molar-refractivity contribution in [3.8, 4) is 17.3 Å². The number of aromatic nitrogens is 3. The first-order chi connectivity index (χ1) is 7.19. The molecule has 0 saturated carbocycles. The van der Waals surface area contributed by atoms with Crippen molar-refractivity contribution in [3.63, 3.8) is 0 Å². The van der Waals surface area contributed by atoms with Gasteiger partial charge in [0.25, 0.3) is 0 Å². The van der Waals surface area contributed by atoms with Crippen molar-refractivity contribution in [2.45, 2.75) is 0 Å². The van der Waals surface area contributed by atoms with Gasteiger partial charge in [-0.25, -0.2) is 9.97 Å². The van der Waals surface area contributed by atoms with Crippen LogP contribution in [0, 0.1) is 0 Å². The van der Waals surface area contributed by atoms with Crippen molar-refractivity contribution in [3.05, 3.63) is 29.1 Å². The fraction of sp³-hybridized carbons (Fsp3) is 0.200. The summed E-state index contributed by atoms with van der Waals surface area (Å²) in [6.07, 6.45) is 3.65. The second-order valence-electron chi connectivity index (χ2n) is 3.14. The van der Waals surface area contributed by atoms with Crippen molar-refractivity contribution < 1.29 is 4.74 Å². The summed E-state index contributed by atoms with van der Waals surface area (Å²) in [6, 6.07) is 3.72. The van der Waals surface area contributed by atoms with E-state index in [4.69, 9.17) is 4.74 Å². The van der Waals surface area contributed by atoms with E-state index in [1.807, 2.05) is 29.9 Å². The maximum Gasteiger partial charge on any atom is 0.214 e. The molecule has 0 radical (unpaired) electrons. The summed E-state index contributed by atoms with van der Waals surface area (Å²) in [5.74, 6) is 0.574. The first-order valence-electron chi connectivity index (χ1n) is 4.39. The number of aryl methyl sites for hydroxylation is 1. The highest BCUT2D eigenvalue weighted by atomic mass is 79.9. The summed E-state index contributed by atoms with van der Waals surface area (Å²) >= 11 is 3.40. The molecule has 0 amide bonds. The quantitative estimate of drug-likeness (QED) is 0.838. The number of hydrogen-bond donors (Lipinski definition) is 0. The van der Waals surface area contributed by atoms with Gasteiger partial charge in [0, 0.05) is 23.8 Å². The van der Waals surface area contributed by atoms with Crippen LogP contribution in [0.5, 0.6) is 5.88 Å². The molecule has 0 aliphatic heterocycles. The smallest absolute Gasteiger partial charge is 0.214 e. The third-order valence-electron chi connectivity index (χ3n) is 1.94. The van der Waals surface area contributed by atoms with Crippen LogP contribution in [0.25, 0.3) is 11.4 Å². The van der Waals surface area contributed by atoms with Crippen molar-refractivity contribution in [2.75, 3.05) is 7.11 Å². The van der Waals surface area contributed by atoms with Crippen LogP contribution >= 0.6 is 15.9 Å². The Labute approximate surface area is 96.1 Å². The van der Waals surface area contributed by atoms with Crippen LogP contribution in [0.2, 0.25) is 0 Å². The predicted octanol–water partition coefficient (Wildman–Crippen LogP) is 2.25. The van der Waals surface area contributed by atoms with Crippen LogP contribution in [-0.4, -0.2) is 21.6 Å². The number of pyridine rings is 1. The Kier molecular flexibility index (Phi) is 2.73. The summed E-state index contributed by atoms with van der Waals surface area (Å²) in [5, 5.41) is 0. The number of hydrogen-bond acceptors (Lipinski definition) is 3. The molecular weight excluding hydrogens is 258 g/mol. The number of rotatable bonds is 2. The highest BCUT2D eigenvalue weighted by Crippen LogP contribution is 2.23. The molecule has 0 atom stereocenters. The molecule has 2 rings (SSSR count). The maximum atomic E-state index is 5.09. The zero-order valence-electron chi connectivity index (χ0n) is 8.44. The molecule has 0 saturated heterocycles. The van der Waals surface area contributed by atoms with Crippen LogP contribution in [-0.2, 0) is 7.05 Å². The lowest BCUT2D eigenvalue weighted by molar-refractivity contribution is 0.398. The highest BCUT2D eigenvalue weighted by molar-refractivity contribution is 9.10. The third-order valence-corrected chi connectivity index (χ3v) is 2.40. The second kappa shape index (κ2) is 4.02. The maximum absolute atomic E-state index is 5.09. The monoisotopic (exact) mass is 267 g/mol. The summed E-state index contributed by atoms with van der Waals surface area (Å²) in [6.45, 7) is 0. The van der Waals surface area contributed by atoms with Gasteiger partial charge in [-0.1, -0.05) is 15.9 Å². The van der Waals surface area contributed by atoms with Gasteiger partial charge in [0.1, 0.15) is 5.69 Å². The van der Waals surface area contributed by atoms with E-state index in [0.717, 1.165) is 15.9 Å². The lowest BCUT2D eigenvalue weighted by atomic mass is 10.3. The molecule has 0 spiro atoms. The number of ether oxygens (including phenoxy) is 1. The van der Waals surface area contributed by atoms with E-state index >= 15 is 0 Å². The van der Waals surface area contributed by atoms with Crippen LogP contribution < -0.4 is 4.74 Å². The van der Waals surface area contributed by atoms with Crippen molar-refractivity contribution in [1.29, 1.82) is 0 Å². The minimum Gasteiger partial charge on any atom is -0.481 e. The van der Waals surface area contributed by atoms with Gasteiger partial charge in [0.15, 0.2) is 0 Å². The molecule has 0 unspecified atom stereocenters. The van der Waals surface area contributed by atoms with Gasteiger partial charge in [-0.3, -0.25) is 0 Å². The fourth-order valence-corrected chi connectivity index (χ4v) is 1.67. The lowest BCUT2D eigenvalue weighted by Crippen LogP contribution is -1.90. The third kappa shape index (κ3) is 2.18. The molecule has 0 bridgehead atoms. The van der Waals surface area contributed by atoms with Gasteiger partial charge in [-0.2, -0.15) is 0 Å². The van der Waals surface area contributed by atoms with Gasteiger partial charge in [-0.15, -0.1) is 0 Å². The zero-order valence-corrected chi connectivity index (χ0v) is 10.0. The van der Waals surface area contributed by atoms with Gasteiger partial charge in [-0.05, 0) is 6.07 Å². The van der Waals surface area contributed by atoms with E-state index in [0.29, 0.717) is 5.88 Å². The normalized spacial score (nSPS) is 10.3. The van der Waals surface area contributed by atoms with E-state index in [1.165, 1.54) is 0 Å². The molecule has 0 fully saturated rings. The van der Waals surface area contributed by atoms with Crippen molar-refractivity contribution in [2.24, 2.45) is 7.05 Å². The van der Waals surface area contributed by atoms with Gasteiger partial charge in [0.2, 0.25) is 5.88 Å². The summed E-state index contributed by atoms with van der Waals surface area (Å²) < 4.78 is 7.89. The van der Waals surface area contributed by atoms with Gasteiger partial charge < -0.3 is 9.30 Å². The molecule has 2 aromatic rings. The standard InChI is InChI=1S/C10H10BrN3O/c1-14-5-9(12-6-14)8-3-7(11)4-10(13-8)15-2/h3-6H,1-2H3. The van der Waals surface area contributed by atoms with Gasteiger partial charge in [0.05, 0.1) is 19.1 Å². The Morgan fingerprint density at radius 1 is 1.33 bits per heavy atom. The minimum atomic E-state index is 0.574. The molecule has 4 nitrogen and oxygen atoms in total. The topological polar surface area (TPSA) is 39.9 Å². The molecular formula is C10H10BrN3O. The molecule has 2 aromatic heterocycles. The van der Waals surface area contributed by atoms with E-state index in [1.54, 1.807) is 13.4 Å². The van der Waals surface area contributed by atoms with E-state index in [2.05, 4.69) is 25.9 Å². The highest BCUT2D eigenvalue weighted by Gasteiger charge is 2.06. The summed E-state index contributed by atoms with van der Waals surface area (Å²) in [5.41, 5.74) is 1.62. The first kappa shape index (κ1) is 10.2. The molecule has 0 N–H and O–H groups in total. The average Bonchev–Trinajstić information content (AvgIpc) is 2.64. The Morgan fingerprint density at radius 2 is 2.13 bits per heavy atom. The lowest BCUT2D eigenvalue weighted by Gasteiger charge is -2.02.